The van der Waals surface area contributed by atoms with E-state index in [0.29, 0.717) is 30.9 Å². The highest BCUT2D eigenvalue weighted by Crippen LogP contribution is 2.26. The average molecular weight is 279 g/mol. The lowest BCUT2D eigenvalue weighted by molar-refractivity contribution is 0.128. The van der Waals surface area contributed by atoms with Crippen LogP contribution in [0.1, 0.15) is 45.4 Å². The molecule has 3 N–H and O–H groups in total. The number of aromatic nitrogens is 2. The summed E-state index contributed by atoms with van der Waals surface area (Å²) in [5.74, 6) is 7.79. The van der Waals surface area contributed by atoms with Gasteiger partial charge in [0.05, 0.1) is 0 Å². The standard InChI is InChI=1S/C14H25N5O/c1-3-11-7-5-6-8-19(11)14-9-12(18-15)16-13(17-14)10-20-4-2/h9,11H,3-8,10,15H2,1-2H3,(H,16,17,18). The summed E-state index contributed by atoms with van der Waals surface area (Å²) in [5, 5.41) is 0. The molecule has 6 nitrogen and oxygen atoms in total. The fraction of sp³-hybridized carbons (Fsp3) is 0.714. The van der Waals surface area contributed by atoms with Gasteiger partial charge >= 0.3 is 0 Å². The minimum atomic E-state index is 0.420. The zero-order chi connectivity index (χ0) is 14.4. The van der Waals surface area contributed by atoms with E-state index in [4.69, 9.17) is 10.6 Å². The second kappa shape index (κ2) is 7.40. The van der Waals surface area contributed by atoms with E-state index in [1.54, 1.807) is 0 Å². The Morgan fingerprint density at radius 3 is 2.95 bits per heavy atom. The van der Waals surface area contributed by atoms with E-state index in [1.807, 2.05) is 13.0 Å². The monoisotopic (exact) mass is 279 g/mol. The zero-order valence-corrected chi connectivity index (χ0v) is 12.4. The third kappa shape index (κ3) is 3.58. The Kier molecular flexibility index (Phi) is 5.55. The second-order valence-corrected chi connectivity index (χ2v) is 5.06. The molecule has 112 valence electrons. The largest absolute Gasteiger partial charge is 0.374 e. The highest BCUT2D eigenvalue weighted by Gasteiger charge is 2.23. The van der Waals surface area contributed by atoms with Crippen LogP contribution in [0.4, 0.5) is 11.6 Å². The molecular weight excluding hydrogens is 254 g/mol. The van der Waals surface area contributed by atoms with Crippen LogP contribution in [0.5, 0.6) is 0 Å². The van der Waals surface area contributed by atoms with E-state index in [0.717, 1.165) is 18.8 Å². The molecule has 0 spiro atoms. The van der Waals surface area contributed by atoms with E-state index in [1.165, 1.54) is 19.3 Å². The van der Waals surface area contributed by atoms with Gasteiger partial charge in [-0.15, -0.1) is 0 Å². The van der Waals surface area contributed by atoms with Crippen LogP contribution >= 0.6 is 0 Å². The molecule has 0 radical (unpaired) electrons. The van der Waals surface area contributed by atoms with Crippen molar-refractivity contribution in [3.8, 4) is 0 Å². The summed E-state index contributed by atoms with van der Waals surface area (Å²) in [4.78, 5) is 11.3. The van der Waals surface area contributed by atoms with Gasteiger partial charge in [0, 0.05) is 25.3 Å². The summed E-state index contributed by atoms with van der Waals surface area (Å²) < 4.78 is 5.40. The van der Waals surface area contributed by atoms with Crippen molar-refractivity contribution in [1.82, 2.24) is 9.97 Å². The first-order valence-electron chi connectivity index (χ1n) is 7.47. The Bertz CT molecular complexity index is 426. The first-order valence-corrected chi connectivity index (χ1v) is 7.47. The number of rotatable bonds is 6. The minimum absolute atomic E-state index is 0.420. The maximum Gasteiger partial charge on any atom is 0.158 e. The maximum atomic E-state index is 5.51. The van der Waals surface area contributed by atoms with Crippen LogP contribution in [-0.4, -0.2) is 29.2 Å². The summed E-state index contributed by atoms with van der Waals surface area (Å²) in [6.07, 6.45) is 4.88. The van der Waals surface area contributed by atoms with E-state index in [2.05, 4.69) is 27.2 Å². The lowest BCUT2D eigenvalue weighted by atomic mass is 10.00. The van der Waals surface area contributed by atoms with Gasteiger partial charge in [0.25, 0.3) is 0 Å². The Morgan fingerprint density at radius 2 is 2.25 bits per heavy atom. The molecule has 1 aliphatic heterocycles. The fourth-order valence-corrected chi connectivity index (χ4v) is 2.69. The Hall–Kier alpha value is -1.40. The topological polar surface area (TPSA) is 76.3 Å². The van der Waals surface area contributed by atoms with Crippen LogP contribution in [0.25, 0.3) is 0 Å². The Labute approximate surface area is 120 Å². The summed E-state index contributed by atoms with van der Waals surface area (Å²) in [6.45, 7) is 6.31. The fourth-order valence-electron chi connectivity index (χ4n) is 2.69. The third-order valence-corrected chi connectivity index (χ3v) is 3.73. The molecule has 0 aromatic carbocycles. The van der Waals surface area contributed by atoms with Crippen LogP contribution in [-0.2, 0) is 11.3 Å². The number of ether oxygens (including phenoxy) is 1. The molecule has 1 saturated heterocycles. The van der Waals surface area contributed by atoms with Crippen molar-refractivity contribution < 1.29 is 4.74 Å². The average Bonchev–Trinajstić information content (AvgIpc) is 2.52. The van der Waals surface area contributed by atoms with Gasteiger partial charge < -0.3 is 15.1 Å². The first kappa shape index (κ1) is 15.0. The molecule has 1 aliphatic rings. The van der Waals surface area contributed by atoms with Crippen molar-refractivity contribution in [3.05, 3.63) is 11.9 Å². The number of nitrogens with zero attached hydrogens (tertiary/aromatic N) is 3. The van der Waals surface area contributed by atoms with Crippen molar-refractivity contribution >= 4 is 11.6 Å². The van der Waals surface area contributed by atoms with E-state index >= 15 is 0 Å². The number of nitrogens with two attached hydrogens (primary N) is 1. The number of piperidine rings is 1. The van der Waals surface area contributed by atoms with E-state index < -0.39 is 0 Å². The molecule has 0 bridgehead atoms. The van der Waals surface area contributed by atoms with Crippen molar-refractivity contribution in [2.24, 2.45) is 5.84 Å². The van der Waals surface area contributed by atoms with Gasteiger partial charge in [0.1, 0.15) is 18.2 Å². The summed E-state index contributed by atoms with van der Waals surface area (Å²) in [6, 6.07) is 2.48. The SMILES string of the molecule is CCOCc1nc(NN)cc(N2CCCCC2CC)n1. The highest BCUT2D eigenvalue weighted by atomic mass is 16.5. The first-order chi connectivity index (χ1) is 9.78. The van der Waals surface area contributed by atoms with Crippen molar-refractivity contribution in [2.45, 2.75) is 52.2 Å². The predicted molar refractivity (Wildman–Crippen MR) is 80.4 cm³/mol. The van der Waals surface area contributed by atoms with Gasteiger partial charge in [-0.25, -0.2) is 15.8 Å². The second-order valence-electron chi connectivity index (χ2n) is 5.06. The number of nitrogens with one attached hydrogen (secondary N) is 1. The number of hydrogen-bond acceptors (Lipinski definition) is 6. The van der Waals surface area contributed by atoms with Crippen molar-refractivity contribution in [3.63, 3.8) is 0 Å². The number of anilines is 2. The predicted octanol–water partition coefficient (Wildman–Crippen LogP) is 2.07. The summed E-state index contributed by atoms with van der Waals surface area (Å²) in [5.41, 5.74) is 2.62. The van der Waals surface area contributed by atoms with Crippen LogP contribution in [0.3, 0.4) is 0 Å². The molecule has 1 aromatic heterocycles. The number of hydrazine groups is 1. The van der Waals surface area contributed by atoms with Gasteiger partial charge in [-0.1, -0.05) is 6.92 Å². The number of nitrogen functional groups attached to an aromatic ring is 1. The summed E-state index contributed by atoms with van der Waals surface area (Å²) in [7, 11) is 0. The van der Waals surface area contributed by atoms with Crippen LogP contribution in [0.2, 0.25) is 0 Å². The lowest BCUT2D eigenvalue weighted by Gasteiger charge is -2.36. The molecule has 0 saturated carbocycles. The molecule has 6 heteroatoms. The quantitative estimate of drug-likeness (QED) is 0.613. The molecular formula is C14H25N5O. The van der Waals surface area contributed by atoms with Gasteiger partial charge in [0.2, 0.25) is 0 Å². The van der Waals surface area contributed by atoms with Gasteiger partial charge in [-0.05, 0) is 32.6 Å². The molecule has 1 atom stereocenters. The summed E-state index contributed by atoms with van der Waals surface area (Å²) >= 11 is 0. The molecule has 2 heterocycles. The number of hydrogen-bond donors (Lipinski definition) is 2. The molecule has 2 rings (SSSR count). The highest BCUT2D eigenvalue weighted by molar-refractivity contribution is 5.49. The molecule has 1 fully saturated rings. The van der Waals surface area contributed by atoms with Gasteiger partial charge in [-0.3, -0.25) is 0 Å². The normalized spacial score (nSPS) is 19.1. The van der Waals surface area contributed by atoms with Gasteiger partial charge in [-0.2, -0.15) is 0 Å². The van der Waals surface area contributed by atoms with Crippen molar-refractivity contribution in [1.29, 1.82) is 0 Å². The zero-order valence-electron chi connectivity index (χ0n) is 12.4. The molecule has 1 aromatic rings. The Morgan fingerprint density at radius 1 is 1.40 bits per heavy atom. The Balaban J connectivity index is 2.24. The molecule has 20 heavy (non-hydrogen) atoms. The molecule has 0 amide bonds. The van der Waals surface area contributed by atoms with Crippen molar-refractivity contribution in [2.75, 3.05) is 23.5 Å². The van der Waals surface area contributed by atoms with Crippen LogP contribution in [0.15, 0.2) is 6.07 Å². The lowest BCUT2D eigenvalue weighted by Crippen LogP contribution is -2.40. The maximum absolute atomic E-state index is 5.51. The van der Waals surface area contributed by atoms with Crippen LogP contribution in [0, 0.1) is 0 Å². The molecule has 1 unspecified atom stereocenters. The molecule has 0 aliphatic carbocycles. The van der Waals surface area contributed by atoms with Crippen LogP contribution < -0.4 is 16.2 Å². The van der Waals surface area contributed by atoms with E-state index in [9.17, 15) is 0 Å². The van der Waals surface area contributed by atoms with Gasteiger partial charge in [0.15, 0.2) is 5.82 Å². The third-order valence-electron chi connectivity index (χ3n) is 3.73. The minimum Gasteiger partial charge on any atom is -0.374 e. The van der Waals surface area contributed by atoms with E-state index in [-0.39, 0.29) is 0 Å². The smallest absolute Gasteiger partial charge is 0.158 e.